The van der Waals surface area contributed by atoms with E-state index in [1.165, 1.54) is 38.5 Å². The Balaban J connectivity index is 0.000000202. The first kappa shape index (κ1) is 10.9. The molecule has 0 amide bonds. The fourth-order valence-electron chi connectivity index (χ4n) is 1.10. The molecule has 0 aromatic heterocycles. The number of rotatable bonds is 1. The first-order valence-corrected chi connectivity index (χ1v) is 4.10. The second-order valence-corrected chi connectivity index (χ2v) is 2.60. The molecule has 1 aliphatic rings. The van der Waals surface area contributed by atoms with Crippen molar-refractivity contribution in [3.8, 4) is 0 Å². The van der Waals surface area contributed by atoms with Gasteiger partial charge < -0.3 is 9.84 Å². The summed E-state index contributed by atoms with van der Waals surface area (Å²) in [5, 5.41) is 7.46. The fraction of sp³-hybridized carbons (Fsp3) is 0.750. The van der Waals surface area contributed by atoms with Crippen LogP contribution in [-0.2, 0) is 9.53 Å². The average Bonchev–Trinajstić information content (AvgIpc) is 2.08. The summed E-state index contributed by atoms with van der Waals surface area (Å²) in [6.45, 7) is -0.150. The van der Waals surface area contributed by atoms with Gasteiger partial charge in [0.2, 0.25) is 0 Å². The van der Waals surface area contributed by atoms with Crippen LogP contribution < -0.4 is 0 Å². The maximum Gasteiger partial charge on any atom is 0.513 e. The Labute approximate surface area is 71.5 Å². The SMILES string of the molecule is C1CCCCC1.O=COC(=O)O. The van der Waals surface area contributed by atoms with Crippen LogP contribution in [0.1, 0.15) is 38.5 Å². The van der Waals surface area contributed by atoms with Crippen LogP contribution in [0.4, 0.5) is 4.79 Å². The van der Waals surface area contributed by atoms with Crippen LogP contribution >= 0.6 is 0 Å². The van der Waals surface area contributed by atoms with Crippen LogP contribution in [0.2, 0.25) is 0 Å². The maximum absolute atomic E-state index is 9.15. The highest BCUT2D eigenvalue weighted by Gasteiger charge is 1.95. The van der Waals surface area contributed by atoms with Gasteiger partial charge in [-0.1, -0.05) is 38.5 Å². The lowest BCUT2D eigenvalue weighted by molar-refractivity contribution is -0.124. The smallest absolute Gasteiger partial charge is 0.449 e. The van der Waals surface area contributed by atoms with E-state index in [1.807, 2.05) is 0 Å². The minimum Gasteiger partial charge on any atom is -0.449 e. The number of carboxylic acid groups (broad SMARTS) is 1. The Hall–Kier alpha value is -1.06. The zero-order valence-electron chi connectivity index (χ0n) is 6.99. The molecule has 4 heteroatoms. The van der Waals surface area contributed by atoms with Gasteiger partial charge in [-0.25, -0.2) is 4.79 Å². The number of ether oxygens (including phenoxy) is 1. The minimum absolute atomic E-state index is 0.150. The normalized spacial score (nSPS) is 15.3. The van der Waals surface area contributed by atoms with E-state index in [1.54, 1.807) is 0 Å². The molecular weight excluding hydrogens is 160 g/mol. The van der Waals surface area contributed by atoms with Crippen molar-refractivity contribution >= 4 is 12.6 Å². The molecule has 70 valence electrons. The van der Waals surface area contributed by atoms with Gasteiger partial charge in [0.1, 0.15) is 0 Å². The topological polar surface area (TPSA) is 63.6 Å². The fourth-order valence-corrected chi connectivity index (χ4v) is 1.10. The third kappa shape index (κ3) is 8.94. The Morgan fingerprint density at radius 3 is 1.50 bits per heavy atom. The van der Waals surface area contributed by atoms with Crippen molar-refractivity contribution < 1.29 is 19.4 Å². The van der Waals surface area contributed by atoms with E-state index in [0.717, 1.165) is 0 Å². The zero-order valence-corrected chi connectivity index (χ0v) is 6.99. The van der Waals surface area contributed by atoms with Crippen LogP contribution in [-0.4, -0.2) is 17.7 Å². The molecule has 0 spiro atoms. The number of carbonyl (C=O) groups excluding carboxylic acids is 1. The van der Waals surface area contributed by atoms with Gasteiger partial charge in [0.05, 0.1) is 0 Å². The molecule has 0 heterocycles. The van der Waals surface area contributed by atoms with E-state index in [0.29, 0.717) is 0 Å². The lowest BCUT2D eigenvalue weighted by atomic mass is 10.0. The zero-order chi connectivity index (χ0) is 9.23. The van der Waals surface area contributed by atoms with Gasteiger partial charge in [-0.05, 0) is 0 Å². The third-order valence-corrected chi connectivity index (χ3v) is 1.65. The van der Waals surface area contributed by atoms with Gasteiger partial charge in [-0.2, -0.15) is 0 Å². The van der Waals surface area contributed by atoms with E-state index in [2.05, 4.69) is 4.74 Å². The molecule has 0 aromatic carbocycles. The molecule has 0 radical (unpaired) electrons. The Morgan fingerprint density at radius 1 is 1.08 bits per heavy atom. The molecule has 4 nitrogen and oxygen atoms in total. The van der Waals surface area contributed by atoms with Gasteiger partial charge in [0.25, 0.3) is 0 Å². The van der Waals surface area contributed by atoms with E-state index in [-0.39, 0.29) is 6.47 Å². The molecule has 1 N–H and O–H groups in total. The largest absolute Gasteiger partial charge is 0.513 e. The highest BCUT2D eigenvalue weighted by atomic mass is 16.7. The number of carbonyl (C=O) groups is 2. The first-order valence-electron chi connectivity index (χ1n) is 4.10. The standard InChI is InChI=1S/C6H12.C2H2O4/c1-2-4-6-5-3-1;3-1-6-2(4)5/h1-6H2;1H,(H,4,5). The van der Waals surface area contributed by atoms with Gasteiger partial charge >= 0.3 is 12.6 Å². The van der Waals surface area contributed by atoms with E-state index >= 15 is 0 Å². The average molecular weight is 174 g/mol. The molecule has 0 unspecified atom stereocenters. The Bertz CT molecular complexity index is 118. The number of hydrogen-bond acceptors (Lipinski definition) is 3. The summed E-state index contributed by atoms with van der Waals surface area (Å²) in [6.07, 6.45) is 7.42. The maximum atomic E-state index is 9.15. The molecule has 1 aliphatic carbocycles. The van der Waals surface area contributed by atoms with Crippen molar-refractivity contribution in [2.75, 3.05) is 0 Å². The van der Waals surface area contributed by atoms with Crippen molar-refractivity contribution in [3.05, 3.63) is 0 Å². The highest BCUT2D eigenvalue weighted by Crippen LogP contribution is 2.15. The molecule has 0 aliphatic heterocycles. The molecule has 12 heavy (non-hydrogen) atoms. The monoisotopic (exact) mass is 174 g/mol. The molecular formula is C8H14O4. The summed E-state index contributed by atoms with van der Waals surface area (Å²) in [6, 6.07) is 0. The predicted octanol–water partition coefficient (Wildman–Crippen LogP) is 2.18. The van der Waals surface area contributed by atoms with Crippen LogP contribution in [0.3, 0.4) is 0 Å². The second-order valence-electron chi connectivity index (χ2n) is 2.60. The second kappa shape index (κ2) is 8.04. The lowest BCUT2D eigenvalue weighted by Crippen LogP contribution is -1.95. The van der Waals surface area contributed by atoms with Gasteiger partial charge in [0, 0.05) is 0 Å². The van der Waals surface area contributed by atoms with Crippen LogP contribution in [0.5, 0.6) is 0 Å². The highest BCUT2D eigenvalue weighted by molar-refractivity contribution is 5.66. The Kier molecular flexibility index (Phi) is 7.33. The summed E-state index contributed by atoms with van der Waals surface area (Å²) in [7, 11) is 0. The first-order chi connectivity index (χ1) is 5.77. The van der Waals surface area contributed by atoms with Crippen molar-refractivity contribution in [3.63, 3.8) is 0 Å². The van der Waals surface area contributed by atoms with Gasteiger partial charge in [-0.15, -0.1) is 0 Å². The molecule has 0 bridgehead atoms. The molecule has 1 saturated carbocycles. The predicted molar refractivity (Wildman–Crippen MR) is 42.9 cm³/mol. The molecule has 1 rings (SSSR count). The van der Waals surface area contributed by atoms with Crippen LogP contribution in [0, 0.1) is 0 Å². The summed E-state index contributed by atoms with van der Waals surface area (Å²) in [5.74, 6) is 0. The lowest BCUT2D eigenvalue weighted by Gasteiger charge is -2.05. The third-order valence-electron chi connectivity index (χ3n) is 1.65. The summed E-state index contributed by atoms with van der Waals surface area (Å²) < 4.78 is 3.28. The molecule has 0 aromatic rings. The molecule has 0 atom stereocenters. The van der Waals surface area contributed by atoms with Crippen molar-refractivity contribution in [2.24, 2.45) is 0 Å². The van der Waals surface area contributed by atoms with Crippen LogP contribution in [0.25, 0.3) is 0 Å². The van der Waals surface area contributed by atoms with E-state index in [9.17, 15) is 0 Å². The van der Waals surface area contributed by atoms with Gasteiger partial charge in [-0.3, -0.25) is 4.79 Å². The quantitative estimate of drug-likeness (QED) is 0.376. The number of hydrogen-bond donors (Lipinski definition) is 1. The minimum atomic E-state index is -1.58. The van der Waals surface area contributed by atoms with Crippen molar-refractivity contribution in [2.45, 2.75) is 38.5 Å². The molecule has 0 saturated heterocycles. The van der Waals surface area contributed by atoms with Gasteiger partial charge in [0.15, 0.2) is 0 Å². The van der Waals surface area contributed by atoms with E-state index in [4.69, 9.17) is 14.7 Å². The summed E-state index contributed by atoms with van der Waals surface area (Å²) >= 11 is 0. The van der Waals surface area contributed by atoms with Crippen molar-refractivity contribution in [1.29, 1.82) is 0 Å². The molecule has 1 fully saturated rings. The van der Waals surface area contributed by atoms with E-state index < -0.39 is 6.16 Å². The summed E-state index contributed by atoms with van der Waals surface area (Å²) in [4.78, 5) is 18.2. The van der Waals surface area contributed by atoms with Crippen molar-refractivity contribution in [1.82, 2.24) is 0 Å². The summed E-state index contributed by atoms with van der Waals surface area (Å²) in [5.41, 5.74) is 0. The Morgan fingerprint density at radius 2 is 1.42 bits per heavy atom. The van der Waals surface area contributed by atoms with Crippen LogP contribution in [0.15, 0.2) is 0 Å².